The highest BCUT2D eigenvalue weighted by Crippen LogP contribution is 2.09. The minimum absolute atomic E-state index is 0.182. The van der Waals surface area contributed by atoms with Gasteiger partial charge in [0, 0.05) is 13.1 Å². The van der Waals surface area contributed by atoms with Crippen molar-refractivity contribution in [3.05, 3.63) is 28.4 Å². The van der Waals surface area contributed by atoms with Crippen molar-refractivity contribution >= 4 is 0 Å². The Morgan fingerprint density at radius 1 is 1.43 bits per heavy atom. The van der Waals surface area contributed by atoms with Crippen molar-refractivity contribution in [1.29, 1.82) is 0 Å². The highest BCUT2D eigenvalue weighted by Gasteiger charge is 2.04. The third kappa shape index (κ3) is 1.54. The van der Waals surface area contributed by atoms with Gasteiger partial charge in [-0.05, 0) is 6.92 Å². The fourth-order valence-corrected chi connectivity index (χ4v) is 1.17. The number of H-pyrrole nitrogens is 1. The molecule has 2 aromatic heterocycles. The van der Waals surface area contributed by atoms with E-state index in [0.29, 0.717) is 17.2 Å². The van der Waals surface area contributed by atoms with Crippen LogP contribution in [0.15, 0.2) is 17.1 Å². The average molecular weight is 191 g/mol. The molecule has 2 aromatic rings. The molecule has 14 heavy (non-hydrogen) atoms. The van der Waals surface area contributed by atoms with E-state index >= 15 is 0 Å². The van der Waals surface area contributed by atoms with Gasteiger partial charge in [-0.3, -0.25) is 4.79 Å². The van der Waals surface area contributed by atoms with Crippen LogP contribution in [0.5, 0.6) is 0 Å². The highest BCUT2D eigenvalue weighted by atomic mass is 16.1. The second kappa shape index (κ2) is 3.06. The molecule has 0 atom stereocenters. The zero-order chi connectivity index (χ0) is 10.1. The van der Waals surface area contributed by atoms with Gasteiger partial charge in [-0.2, -0.15) is 15.0 Å². The van der Waals surface area contributed by atoms with Crippen LogP contribution in [0.1, 0.15) is 5.82 Å². The lowest BCUT2D eigenvalue weighted by molar-refractivity contribution is 0.655. The zero-order valence-electron chi connectivity index (χ0n) is 7.85. The van der Waals surface area contributed by atoms with Crippen LogP contribution in [0, 0.1) is 6.92 Å². The molecule has 6 nitrogen and oxygen atoms in total. The van der Waals surface area contributed by atoms with Crippen molar-refractivity contribution in [1.82, 2.24) is 25.0 Å². The predicted molar refractivity (Wildman–Crippen MR) is 49.6 cm³/mol. The van der Waals surface area contributed by atoms with E-state index in [2.05, 4.69) is 20.2 Å². The Kier molecular flexibility index (Phi) is 1.88. The summed E-state index contributed by atoms with van der Waals surface area (Å²) in [7, 11) is 1.71. The van der Waals surface area contributed by atoms with Crippen molar-refractivity contribution in [3.8, 4) is 11.4 Å². The third-order valence-electron chi connectivity index (χ3n) is 1.72. The van der Waals surface area contributed by atoms with Crippen LogP contribution in [0.2, 0.25) is 0 Å². The molecule has 72 valence electrons. The molecule has 0 saturated carbocycles. The molecule has 2 heterocycles. The summed E-state index contributed by atoms with van der Waals surface area (Å²) in [4.78, 5) is 19.3. The molecule has 0 radical (unpaired) electrons. The van der Waals surface area contributed by atoms with Gasteiger partial charge in [-0.25, -0.2) is 4.98 Å². The molecule has 0 amide bonds. The monoisotopic (exact) mass is 191 g/mol. The van der Waals surface area contributed by atoms with Gasteiger partial charge in [0.15, 0.2) is 0 Å². The predicted octanol–water partition coefficient (Wildman–Crippen LogP) is -0.126. The van der Waals surface area contributed by atoms with E-state index in [0.717, 1.165) is 0 Å². The molecule has 0 unspecified atom stereocenters. The average Bonchev–Trinajstić information content (AvgIpc) is 2.50. The van der Waals surface area contributed by atoms with Gasteiger partial charge in [0.2, 0.25) is 0 Å². The second-order valence-corrected chi connectivity index (χ2v) is 2.94. The Hall–Kier alpha value is -1.98. The van der Waals surface area contributed by atoms with Gasteiger partial charge >= 0.3 is 0 Å². The quantitative estimate of drug-likeness (QED) is 0.681. The van der Waals surface area contributed by atoms with Gasteiger partial charge in [-0.1, -0.05) is 0 Å². The van der Waals surface area contributed by atoms with Gasteiger partial charge in [-0.15, -0.1) is 0 Å². The van der Waals surface area contributed by atoms with Gasteiger partial charge in [0.05, 0.1) is 11.9 Å². The summed E-state index contributed by atoms with van der Waals surface area (Å²) in [5.74, 6) is 0.568. The Morgan fingerprint density at radius 2 is 2.21 bits per heavy atom. The van der Waals surface area contributed by atoms with Crippen LogP contribution in [-0.2, 0) is 7.05 Å². The maximum atomic E-state index is 11.1. The van der Waals surface area contributed by atoms with Crippen LogP contribution in [0.3, 0.4) is 0 Å². The van der Waals surface area contributed by atoms with E-state index in [9.17, 15) is 4.79 Å². The van der Waals surface area contributed by atoms with Crippen LogP contribution in [0.25, 0.3) is 11.4 Å². The molecule has 0 aliphatic carbocycles. The molecule has 0 aliphatic heterocycles. The van der Waals surface area contributed by atoms with Crippen molar-refractivity contribution in [3.63, 3.8) is 0 Å². The minimum atomic E-state index is -0.182. The maximum Gasteiger partial charge on any atom is 0.251 e. The van der Waals surface area contributed by atoms with E-state index in [4.69, 9.17) is 0 Å². The number of nitrogens with zero attached hydrogens (tertiary/aromatic N) is 4. The molecular formula is C8H9N5O. The SMILES string of the molecule is Cc1nc(-c2cnn(C)n2)cc(=O)[nH]1. The first-order valence-electron chi connectivity index (χ1n) is 4.10. The molecule has 2 rings (SSSR count). The van der Waals surface area contributed by atoms with E-state index in [1.54, 1.807) is 20.2 Å². The van der Waals surface area contributed by atoms with Crippen LogP contribution >= 0.6 is 0 Å². The molecule has 6 heteroatoms. The summed E-state index contributed by atoms with van der Waals surface area (Å²) >= 11 is 0. The van der Waals surface area contributed by atoms with Crippen molar-refractivity contribution in [2.75, 3.05) is 0 Å². The lowest BCUT2D eigenvalue weighted by atomic mass is 10.3. The lowest BCUT2D eigenvalue weighted by Gasteiger charge is -1.95. The molecule has 0 spiro atoms. The van der Waals surface area contributed by atoms with Crippen LogP contribution in [0.4, 0.5) is 0 Å². The first kappa shape index (κ1) is 8.61. The normalized spacial score (nSPS) is 10.4. The standard InChI is InChI=1S/C8H9N5O/c1-5-10-6(3-8(14)11-5)7-4-9-13(2)12-7/h3-4H,1-2H3,(H,10,11,14). The molecule has 0 aromatic carbocycles. The van der Waals surface area contributed by atoms with E-state index in [1.165, 1.54) is 10.9 Å². The number of hydrogen-bond donors (Lipinski definition) is 1. The number of nitrogens with one attached hydrogen (secondary N) is 1. The fraction of sp³-hybridized carbons (Fsp3) is 0.250. The number of hydrogen-bond acceptors (Lipinski definition) is 4. The molecule has 0 aliphatic rings. The number of aromatic amines is 1. The zero-order valence-corrected chi connectivity index (χ0v) is 7.85. The van der Waals surface area contributed by atoms with E-state index < -0.39 is 0 Å². The summed E-state index contributed by atoms with van der Waals surface area (Å²) in [6.45, 7) is 1.72. The fourth-order valence-electron chi connectivity index (χ4n) is 1.17. The molecule has 0 fully saturated rings. The van der Waals surface area contributed by atoms with Gasteiger partial charge in [0.1, 0.15) is 11.5 Å². The summed E-state index contributed by atoms with van der Waals surface area (Å²) in [5.41, 5.74) is 0.958. The summed E-state index contributed by atoms with van der Waals surface area (Å²) in [6.07, 6.45) is 1.57. The molecular weight excluding hydrogens is 182 g/mol. The third-order valence-corrected chi connectivity index (χ3v) is 1.72. The van der Waals surface area contributed by atoms with Gasteiger partial charge in [0.25, 0.3) is 5.56 Å². The largest absolute Gasteiger partial charge is 0.311 e. The smallest absolute Gasteiger partial charge is 0.251 e. The van der Waals surface area contributed by atoms with E-state index in [-0.39, 0.29) is 5.56 Å². The first-order chi connectivity index (χ1) is 6.65. The summed E-state index contributed by atoms with van der Waals surface area (Å²) in [5, 5.41) is 7.96. The Labute approximate surface area is 79.6 Å². The molecule has 0 saturated heterocycles. The molecule has 0 bridgehead atoms. The van der Waals surface area contributed by atoms with Crippen LogP contribution < -0.4 is 5.56 Å². The Morgan fingerprint density at radius 3 is 2.79 bits per heavy atom. The highest BCUT2D eigenvalue weighted by molar-refractivity contribution is 5.51. The van der Waals surface area contributed by atoms with Crippen molar-refractivity contribution < 1.29 is 0 Å². The Bertz CT molecular complexity index is 512. The van der Waals surface area contributed by atoms with Crippen LogP contribution in [-0.4, -0.2) is 25.0 Å². The van der Waals surface area contributed by atoms with Crippen molar-refractivity contribution in [2.24, 2.45) is 7.05 Å². The minimum Gasteiger partial charge on any atom is -0.311 e. The van der Waals surface area contributed by atoms with Gasteiger partial charge < -0.3 is 4.98 Å². The number of aromatic nitrogens is 5. The number of aryl methyl sites for hydroxylation is 2. The Balaban J connectivity index is 2.56. The second-order valence-electron chi connectivity index (χ2n) is 2.94. The maximum absolute atomic E-state index is 11.1. The summed E-state index contributed by atoms with van der Waals surface area (Å²) in [6, 6.07) is 1.40. The van der Waals surface area contributed by atoms with Crippen molar-refractivity contribution in [2.45, 2.75) is 6.92 Å². The molecule has 1 N–H and O–H groups in total. The first-order valence-corrected chi connectivity index (χ1v) is 4.10. The number of rotatable bonds is 1. The summed E-state index contributed by atoms with van der Waals surface area (Å²) < 4.78 is 0. The topological polar surface area (TPSA) is 76.5 Å². The van der Waals surface area contributed by atoms with E-state index in [1.807, 2.05) is 0 Å². The lowest BCUT2D eigenvalue weighted by Crippen LogP contribution is -2.08.